The van der Waals surface area contributed by atoms with Crippen LogP contribution in [0, 0.1) is 0 Å². The third kappa shape index (κ3) is 9.16. The first kappa shape index (κ1) is 16.4. The number of rotatable bonds is 10. The van der Waals surface area contributed by atoms with Crippen LogP contribution in [0.2, 0.25) is 0 Å². The van der Waals surface area contributed by atoms with Crippen LogP contribution >= 0.6 is 0 Å². The van der Waals surface area contributed by atoms with E-state index in [1.807, 2.05) is 13.8 Å². The summed E-state index contributed by atoms with van der Waals surface area (Å²) in [6, 6.07) is 0.191. The first-order valence-electron chi connectivity index (χ1n) is 7.04. The number of carbonyl (C=O) groups is 1. The van der Waals surface area contributed by atoms with E-state index in [9.17, 15) is 4.79 Å². The van der Waals surface area contributed by atoms with Crippen molar-refractivity contribution in [1.82, 2.24) is 5.32 Å². The minimum Gasteiger partial charge on any atom is -0.465 e. The van der Waals surface area contributed by atoms with Crippen LogP contribution in [-0.2, 0) is 9.53 Å². The van der Waals surface area contributed by atoms with E-state index >= 15 is 0 Å². The van der Waals surface area contributed by atoms with Crippen LogP contribution in [0.15, 0.2) is 0 Å². The van der Waals surface area contributed by atoms with Crippen LogP contribution in [-0.4, -0.2) is 24.7 Å². The maximum absolute atomic E-state index is 11.4. The van der Waals surface area contributed by atoms with Crippen LogP contribution in [0.4, 0.5) is 0 Å². The summed E-state index contributed by atoms with van der Waals surface area (Å²) in [4.78, 5) is 11.4. The van der Waals surface area contributed by atoms with Gasteiger partial charge in [-0.3, -0.25) is 4.79 Å². The zero-order valence-corrected chi connectivity index (χ0v) is 11.9. The Morgan fingerprint density at radius 1 is 1.12 bits per heavy atom. The van der Waals surface area contributed by atoms with E-state index in [-0.39, 0.29) is 12.0 Å². The highest BCUT2D eigenvalue weighted by atomic mass is 16.5. The Labute approximate surface area is 106 Å². The first-order valence-corrected chi connectivity index (χ1v) is 7.04. The summed E-state index contributed by atoms with van der Waals surface area (Å²) in [6.07, 6.45) is 7.62. The maximum Gasteiger partial charge on any atom is 0.322 e. The average molecular weight is 243 g/mol. The van der Waals surface area contributed by atoms with Crippen molar-refractivity contribution >= 4 is 5.97 Å². The van der Waals surface area contributed by atoms with Gasteiger partial charge < -0.3 is 10.1 Å². The summed E-state index contributed by atoms with van der Waals surface area (Å²) in [5, 5.41) is 3.28. The van der Waals surface area contributed by atoms with Crippen LogP contribution < -0.4 is 5.32 Å². The third-order valence-electron chi connectivity index (χ3n) is 2.92. The minimum absolute atomic E-state index is 0.148. The highest BCUT2D eigenvalue weighted by Gasteiger charge is 2.15. The number of esters is 1. The van der Waals surface area contributed by atoms with Crippen molar-refractivity contribution in [3.63, 3.8) is 0 Å². The molecule has 0 spiro atoms. The van der Waals surface area contributed by atoms with E-state index in [1.54, 1.807) is 0 Å². The Bertz CT molecular complexity index is 195. The molecule has 0 aliphatic heterocycles. The van der Waals surface area contributed by atoms with Crippen molar-refractivity contribution in [1.29, 1.82) is 0 Å². The van der Waals surface area contributed by atoms with Crippen molar-refractivity contribution in [2.24, 2.45) is 0 Å². The lowest BCUT2D eigenvalue weighted by Gasteiger charge is -2.18. The summed E-state index contributed by atoms with van der Waals surface area (Å²) in [6.45, 7) is 8.52. The van der Waals surface area contributed by atoms with Crippen LogP contribution in [0.3, 0.4) is 0 Å². The standard InChI is InChI=1S/C14H29NO2/c1-5-7-8-9-10-11-12(3)15-13(4)14(16)17-6-2/h12-13,15H,5-11H2,1-4H3. The Morgan fingerprint density at radius 3 is 2.35 bits per heavy atom. The average Bonchev–Trinajstić information content (AvgIpc) is 2.29. The van der Waals surface area contributed by atoms with Gasteiger partial charge in [-0.25, -0.2) is 0 Å². The second-order valence-electron chi connectivity index (χ2n) is 4.74. The number of hydrogen-bond acceptors (Lipinski definition) is 3. The van der Waals surface area contributed by atoms with Crippen LogP contribution in [0.1, 0.15) is 66.2 Å². The molecule has 0 aliphatic rings. The summed E-state index contributed by atoms with van der Waals surface area (Å²) in [5.41, 5.74) is 0. The van der Waals surface area contributed by atoms with Crippen LogP contribution in [0.25, 0.3) is 0 Å². The Morgan fingerprint density at radius 2 is 1.76 bits per heavy atom. The molecule has 0 aromatic rings. The number of nitrogens with one attached hydrogen (secondary N) is 1. The van der Waals surface area contributed by atoms with Crippen molar-refractivity contribution in [2.75, 3.05) is 6.61 Å². The van der Waals surface area contributed by atoms with Gasteiger partial charge in [-0.2, -0.15) is 0 Å². The normalized spacial score (nSPS) is 14.4. The first-order chi connectivity index (χ1) is 8.11. The zero-order chi connectivity index (χ0) is 13.1. The third-order valence-corrected chi connectivity index (χ3v) is 2.92. The van der Waals surface area contributed by atoms with Gasteiger partial charge in [-0.05, 0) is 27.2 Å². The molecule has 3 heteroatoms. The molecule has 0 saturated carbocycles. The zero-order valence-electron chi connectivity index (χ0n) is 11.9. The molecule has 2 unspecified atom stereocenters. The SMILES string of the molecule is CCCCCCCC(C)NC(C)C(=O)OCC. The van der Waals surface area contributed by atoms with Gasteiger partial charge in [0.05, 0.1) is 6.61 Å². The fourth-order valence-corrected chi connectivity index (χ4v) is 1.90. The van der Waals surface area contributed by atoms with Gasteiger partial charge in [0.1, 0.15) is 6.04 Å². The maximum atomic E-state index is 11.4. The second-order valence-corrected chi connectivity index (χ2v) is 4.74. The summed E-state index contributed by atoms with van der Waals surface area (Å²) in [5.74, 6) is -0.148. The van der Waals surface area contributed by atoms with E-state index in [2.05, 4.69) is 19.2 Å². The van der Waals surface area contributed by atoms with E-state index in [4.69, 9.17) is 4.74 Å². The largest absolute Gasteiger partial charge is 0.465 e. The van der Waals surface area contributed by atoms with Gasteiger partial charge in [0.2, 0.25) is 0 Å². The quantitative estimate of drug-likeness (QED) is 0.473. The van der Waals surface area contributed by atoms with E-state index < -0.39 is 0 Å². The Balaban J connectivity index is 3.56. The predicted molar refractivity (Wildman–Crippen MR) is 72.1 cm³/mol. The molecule has 3 nitrogen and oxygen atoms in total. The lowest BCUT2D eigenvalue weighted by atomic mass is 10.1. The smallest absolute Gasteiger partial charge is 0.322 e. The van der Waals surface area contributed by atoms with Crippen LogP contribution in [0.5, 0.6) is 0 Å². The van der Waals surface area contributed by atoms with E-state index in [1.165, 1.54) is 32.1 Å². The molecule has 0 aromatic heterocycles. The van der Waals surface area contributed by atoms with Gasteiger partial charge in [0.15, 0.2) is 0 Å². The highest BCUT2D eigenvalue weighted by molar-refractivity contribution is 5.75. The van der Waals surface area contributed by atoms with Crippen molar-refractivity contribution < 1.29 is 9.53 Å². The van der Waals surface area contributed by atoms with E-state index in [0.717, 1.165) is 6.42 Å². The van der Waals surface area contributed by atoms with Gasteiger partial charge >= 0.3 is 5.97 Å². The monoisotopic (exact) mass is 243 g/mol. The lowest BCUT2D eigenvalue weighted by molar-refractivity contribution is -0.145. The molecule has 0 heterocycles. The number of unbranched alkanes of at least 4 members (excludes halogenated alkanes) is 4. The molecule has 0 amide bonds. The molecule has 1 N–H and O–H groups in total. The molecule has 0 fully saturated rings. The Hall–Kier alpha value is -0.570. The summed E-state index contributed by atoms with van der Waals surface area (Å²) < 4.78 is 4.96. The second kappa shape index (κ2) is 10.6. The predicted octanol–water partition coefficient (Wildman–Crippen LogP) is 3.28. The number of carbonyl (C=O) groups excluding carboxylic acids is 1. The lowest BCUT2D eigenvalue weighted by Crippen LogP contribution is -2.40. The molecular formula is C14H29NO2. The molecule has 0 aromatic carbocycles. The molecule has 0 saturated heterocycles. The molecule has 0 bridgehead atoms. The summed E-state index contributed by atoms with van der Waals surface area (Å²) >= 11 is 0. The molecule has 102 valence electrons. The van der Waals surface area contributed by atoms with Crippen molar-refractivity contribution in [2.45, 2.75) is 78.3 Å². The van der Waals surface area contributed by atoms with Gasteiger partial charge in [0.25, 0.3) is 0 Å². The number of hydrogen-bond donors (Lipinski definition) is 1. The Kier molecular flexibility index (Phi) is 10.2. The summed E-state index contributed by atoms with van der Waals surface area (Å²) in [7, 11) is 0. The van der Waals surface area contributed by atoms with Gasteiger partial charge in [-0.1, -0.05) is 39.0 Å². The number of ether oxygens (including phenoxy) is 1. The van der Waals surface area contributed by atoms with E-state index in [0.29, 0.717) is 12.6 Å². The molecule has 0 rings (SSSR count). The molecule has 0 radical (unpaired) electrons. The fraction of sp³-hybridized carbons (Fsp3) is 0.929. The molecule has 17 heavy (non-hydrogen) atoms. The highest BCUT2D eigenvalue weighted by Crippen LogP contribution is 2.07. The minimum atomic E-state index is -0.194. The van der Waals surface area contributed by atoms with Gasteiger partial charge in [0, 0.05) is 6.04 Å². The molecule has 0 aliphatic carbocycles. The topological polar surface area (TPSA) is 38.3 Å². The van der Waals surface area contributed by atoms with Crippen molar-refractivity contribution in [3.05, 3.63) is 0 Å². The fourth-order valence-electron chi connectivity index (χ4n) is 1.90. The molecular weight excluding hydrogens is 214 g/mol. The van der Waals surface area contributed by atoms with Gasteiger partial charge in [-0.15, -0.1) is 0 Å². The molecule has 2 atom stereocenters. The van der Waals surface area contributed by atoms with Crippen molar-refractivity contribution in [3.8, 4) is 0 Å².